The van der Waals surface area contributed by atoms with Gasteiger partial charge in [-0.05, 0) is 17.7 Å². The molecule has 144 valence electrons. The first-order chi connectivity index (χ1) is 13.7. The first-order valence-electron chi connectivity index (χ1n) is 9.82. The lowest BCUT2D eigenvalue weighted by Crippen LogP contribution is -3.08. The number of carbonyl (C=O) groups is 1. The number of benzene rings is 2. The van der Waals surface area contributed by atoms with Gasteiger partial charge in [-0.2, -0.15) is 5.10 Å². The van der Waals surface area contributed by atoms with E-state index < -0.39 is 0 Å². The van der Waals surface area contributed by atoms with Crippen LogP contribution in [0.3, 0.4) is 0 Å². The first-order valence-corrected chi connectivity index (χ1v) is 9.82. The Bertz CT molecular complexity index is 1020. The zero-order chi connectivity index (χ0) is 19.3. The molecule has 1 aromatic heterocycles. The second-order valence-electron chi connectivity index (χ2n) is 7.41. The number of aromatic nitrogens is 2. The van der Waals surface area contributed by atoms with Crippen LogP contribution in [0.15, 0.2) is 59.5 Å². The summed E-state index contributed by atoms with van der Waals surface area (Å²) in [6, 6.07) is 15.7. The standard InChI is InChI=1S/C22H24N4O2/c27-21-14-24-26(20-6-2-1-5-19(20)21)16-22(28)23-13-17-7-9-18(10-8-17)15-25-11-3-4-12-25/h1-2,5-10,14H,3-4,11-13,15-16H2,(H,23,28)/p+1. The van der Waals surface area contributed by atoms with Crippen LogP contribution in [0.4, 0.5) is 0 Å². The number of carbonyl (C=O) groups excluding carboxylic acids is 1. The molecule has 0 atom stereocenters. The summed E-state index contributed by atoms with van der Waals surface area (Å²) in [5.41, 5.74) is 2.95. The summed E-state index contributed by atoms with van der Waals surface area (Å²) in [6.07, 6.45) is 3.93. The Labute approximate surface area is 163 Å². The van der Waals surface area contributed by atoms with Crippen LogP contribution in [0.1, 0.15) is 24.0 Å². The maximum absolute atomic E-state index is 12.4. The highest BCUT2D eigenvalue weighted by Crippen LogP contribution is 2.08. The molecule has 4 rings (SSSR count). The first kappa shape index (κ1) is 18.4. The summed E-state index contributed by atoms with van der Waals surface area (Å²) in [5.74, 6) is -0.133. The van der Waals surface area contributed by atoms with Crippen LogP contribution in [0.25, 0.3) is 10.9 Å². The highest BCUT2D eigenvalue weighted by atomic mass is 16.2. The summed E-state index contributed by atoms with van der Waals surface area (Å²) >= 11 is 0. The van der Waals surface area contributed by atoms with Gasteiger partial charge in [-0.3, -0.25) is 14.3 Å². The van der Waals surface area contributed by atoms with Gasteiger partial charge in [0.05, 0.1) is 24.8 Å². The van der Waals surface area contributed by atoms with Crippen molar-refractivity contribution in [3.63, 3.8) is 0 Å². The molecule has 1 fully saturated rings. The Morgan fingerprint density at radius 3 is 2.54 bits per heavy atom. The van der Waals surface area contributed by atoms with Crippen LogP contribution in [0.5, 0.6) is 0 Å². The molecular weight excluding hydrogens is 352 g/mol. The molecule has 0 radical (unpaired) electrons. The van der Waals surface area contributed by atoms with Crippen molar-refractivity contribution in [2.45, 2.75) is 32.5 Å². The van der Waals surface area contributed by atoms with Gasteiger partial charge in [0.2, 0.25) is 11.3 Å². The molecule has 1 aliphatic heterocycles. The van der Waals surface area contributed by atoms with Crippen LogP contribution < -0.4 is 15.6 Å². The second-order valence-corrected chi connectivity index (χ2v) is 7.41. The van der Waals surface area contributed by atoms with Crippen molar-refractivity contribution in [1.82, 2.24) is 15.1 Å². The van der Waals surface area contributed by atoms with Crippen molar-refractivity contribution in [1.29, 1.82) is 0 Å². The van der Waals surface area contributed by atoms with Gasteiger partial charge < -0.3 is 10.2 Å². The van der Waals surface area contributed by atoms with Crippen LogP contribution in [0.2, 0.25) is 0 Å². The van der Waals surface area contributed by atoms with E-state index in [0.29, 0.717) is 17.4 Å². The Kier molecular flexibility index (Phi) is 5.48. The molecule has 28 heavy (non-hydrogen) atoms. The van der Waals surface area contributed by atoms with Crippen LogP contribution in [0, 0.1) is 0 Å². The fraction of sp³-hybridized carbons (Fsp3) is 0.318. The summed E-state index contributed by atoms with van der Waals surface area (Å²) in [5, 5.41) is 7.61. The third-order valence-electron chi connectivity index (χ3n) is 5.33. The number of quaternary nitrogens is 1. The molecule has 0 aliphatic carbocycles. The lowest BCUT2D eigenvalue weighted by atomic mass is 10.1. The van der Waals surface area contributed by atoms with Gasteiger partial charge in [0.15, 0.2) is 0 Å². The number of nitrogens with one attached hydrogen (secondary N) is 2. The van der Waals surface area contributed by atoms with Crippen LogP contribution in [-0.2, 0) is 24.4 Å². The normalized spacial score (nSPS) is 14.4. The molecule has 2 heterocycles. The van der Waals surface area contributed by atoms with Gasteiger partial charge in [0.25, 0.3) is 0 Å². The molecule has 6 heteroatoms. The molecule has 0 spiro atoms. The molecular formula is C22H25N4O2+. The Balaban J connectivity index is 1.34. The number of hydrogen-bond acceptors (Lipinski definition) is 3. The fourth-order valence-corrected chi connectivity index (χ4v) is 3.79. The quantitative estimate of drug-likeness (QED) is 0.671. The SMILES string of the molecule is O=C(Cn1ncc(=O)c2ccccc21)NCc1ccc(C[NH+]2CCCC2)cc1. The number of para-hydroxylation sites is 1. The minimum absolute atomic E-state index is 0.0806. The van der Waals surface area contributed by atoms with E-state index >= 15 is 0 Å². The molecule has 1 saturated heterocycles. The van der Waals surface area contributed by atoms with Crippen molar-refractivity contribution in [2.24, 2.45) is 0 Å². The highest BCUT2D eigenvalue weighted by molar-refractivity contribution is 5.81. The predicted octanol–water partition coefficient (Wildman–Crippen LogP) is 0.892. The van der Waals surface area contributed by atoms with Gasteiger partial charge in [-0.15, -0.1) is 0 Å². The third kappa shape index (κ3) is 4.28. The van der Waals surface area contributed by atoms with E-state index in [1.54, 1.807) is 21.7 Å². The zero-order valence-corrected chi connectivity index (χ0v) is 15.9. The molecule has 0 unspecified atom stereocenters. The van der Waals surface area contributed by atoms with E-state index in [2.05, 4.69) is 34.7 Å². The fourth-order valence-electron chi connectivity index (χ4n) is 3.79. The van der Waals surface area contributed by atoms with Crippen molar-refractivity contribution >= 4 is 16.8 Å². The number of rotatable bonds is 6. The summed E-state index contributed by atoms with van der Waals surface area (Å²) < 4.78 is 1.56. The number of fused-ring (bicyclic) bond motifs is 1. The molecule has 1 amide bonds. The third-order valence-corrected chi connectivity index (χ3v) is 5.33. The van der Waals surface area contributed by atoms with Crippen LogP contribution in [-0.4, -0.2) is 28.8 Å². The Hall–Kier alpha value is -2.99. The Morgan fingerprint density at radius 1 is 1.04 bits per heavy atom. The van der Waals surface area contributed by atoms with Crippen molar-refractivity contribution < 1.29 is 9.69 Å². The molecule has 6 nitrogen and oxygen atoms in total. The van der Waals surface area contributed by atoms with Crippen molar-refractivity contribution in [3.8, 4) is 0 Å². The summed E-state index contributed by atoms with van der Waals surface area (Å²) in [6.45, 7) is 4.18. The molecule has 1 aliphatic rings. The largest absolute Gasteiger partial charge is 0.350 e. The number of likely N-dealkylation sites (tertiary alicyclic amines) is 1. The smallest absolute Gasteiger partial charge is 0.242 e. The maximum Gasteiger partial charge on any atom is 0.242 e. The van der Waals surface area contributed by atoms with Gasteiger partial charge >= 0.3 is 0 Å². The van der Waals surface area contributed by atoms with E-state index in [1.807, 2.05) is 12.1 Å². The molecule has 2 aromatic carbocycles. The van der Waals surface area contributed by atoms with E-state index in [4.69, 9.17) is 0 Å². The monoisotopic (exact) mass is 377 g/mol. The summed E-state index contributed by atoms with van der Waals surface area (Å²) in [4.78, 5) is 25.9. The van der Waals surface area contributed by atoms with E-state index in [1.165, 1.54) is 37.7 Å². The zero-order valence-electron chi connectivity index (χ0n) is 15.9. The van der Waals surface area contributed by atoms with E-state index in [0.717, 1.165) is 12.1 Å². The van der Waals surface area contributed by atoms with Crippen molar-refractivity contribution in [3.05, 3.63) is 76.1 Å². The lowest BCUT2D eigenvalue weighted by molar-refractivity contribution is -0.901. The highest BCUT2D eigenvalue weighted by Gasteiger charge is 2.15. The lowest BCUT2D eigenvalue weighted by Gasteiger charge is -2.12. The van der Waals surface area contributed by atoms with E-state index in [-0.39, 0.29) is 17.9 Å². The summed E-state index contributed by atoms with van der Waals surface area (Å²) in [7, 11) is 0. The molecule has 3 aromatic rings. The van der Waals surface area contributed by atoms with Gasteiger partial charge in [-0.1, -0.05) is 36.4 Å². The van der Waals surface area contributed by atoms with Gasteiger partial charge in [-0.25, -0.2) is 0 Å². The van der Waals surface area contributed by atoms with Crippen molar-refractivity contribution in [2.75, 3.05) is 13.1 Å². The van der Waals surface area contributed by atoms with Gasteiger partial charge in [0.1, 0.15) is 13.1 Å². The number of nitrogens with zero attached hydrogens (tertiary/aromatic N) is 2. The minimum atomic E-state index is -0.136. The molecule has 0 bridgehead atoms. The van der Waals surface area contributed by atoms with Gasteiger partial charge in [0, 0.05) is 30.3 Å². The molecule has 0 saturated carbocycles. The average Bonchev–Trinajstić information content (AvgIpc) is 3.23. The Morgan fingerprint density at radius 2 is 1.75 bits per heavy atom. The number of amides is 1. The topological polar surface area (TPSA) is 68.4 Å². The maximum atomic E-state index is 12.4. The van der Waals surface area contributed by atoms with E-state index in [9.17, 15) is 9.59 Å². The average molecular weight is 377 g/mol. The second kappa shape index (κ2) is 8.35. The molecule has 2 N–H and O–H groups in total. The van der Waals surface area contributed by atoms with Crippen LogP contribution >= 0.6 is 0 Å². The predicted molar refractivity (Wildman–Crippen MR) is 108 cm³/mol. The number of hydrogen-bond donors (Lipinski definition) is 2. The minimum Gasteiger partial charge on any atom is -0.350 e.